The minimum Gasteiger partial charge on any atom is -0.341 e. The largest absolute Gasteiger partial charge is 0.341 e. The lowest BCUT2D eigenvalue weighted by atomic mass is 9.84. The monoisotopic (exact) mass is 461 g/mol. The highest BCUT2D eigenvalue weighted by molar-refractivity contribution is 5.85. The van der Waals surface area contributed by atoms with Crippen LogP contribution in [0.4, 0.5) is 0 Å². The Kier molecular flexibility index (Phi) is 5.66. The number of nitrogens with zero attached hydrogens (tertiary/aromatic N) is 2. The van der Waals surface area contributed by atoms with Crippen molar-refractivity contribution in [2.45, 2.75) is 100 Å². The van der Waals surface area contributed by atoms with E-state index in [2.05, 4.69) is 27.0 Å². The topological polar surface area (TPSA) is 110 Å². The number of amides is 2. The van der Waals surface area contributed by atoms with Gasteiger partial charge in [0.2, 0.25) is 11.8 Å². The molecular weight excluding hydrogens is 422 g/mol. The second-order valence-electron chi connectivity index (χ2n) is 11.2. The number of likely N-dealkylation sites (N-methyl/N-ethyl adjacent to an activating group) is 1. The van der Waals surface area contributed by atoms with Gasteiger partial charge in [-0.2, -0.15) is 0 Å². The molecule has 33 heavy (non-hydrogen) atoms. The number of hydrazine groups is 2. The molecule has 4 aliphatic heterocycles. The highest BCUT2D eigenvalue weighted by Crippen LogP contribution is 2.46. The van der Waals surface area contributed by atoms with Crippen LogP contribution in [-0.2, 0) is 14.3 Å². The zero-order valence-corrected chi connectivity index (χ0v) is 19.8. The lowest BCUT2D eigenvalue weighted by Gasteiger charge is -2.39. The molecule has 10 heteroatoms. The van der Waals surface area contributed by atoms with Crippen molar-refractivity contribution in [2.75, 3.05) is 20.1 Å². The molecule has 4 heterocycles. The molecule has 2 amide bonds. The van der Waals surface area contributed by atoms with E-state index in [4.69, 9.17) is 4.74 Å². The molecule has 0 aromatic carbocycles. The van der Waals surface area contributed by atoms with Gasteiger partial charge in [0, 0.05) is 38.1 Å². The van der Waals surface area contributed by atoms with E-state index in [1.54, 1.807) is 0 Å². The van der Waals surface area contributed by atoms with Crippen molar-refractivity contribution in [1.29, 1.82) is 0 Å². The standard InChI is InChI=1S/C23H39N7O3/c1-13-25-28-22(33-13)23(8-9-23)29(2)21(32)19-15-12-30(10-7-17(15)26-27-19)20(31)18-11-14-5-3-4-6-16(14)24-18/h13-19,22,24-28H,3-12H2,1-2H3. The molecule has 6 aliphatic rings. The van der Waals surface area contributed by atoms with Gasteiger partial charge in [-0.3, -0.25) is 15.0 Å². The van der Waals surface area contributed by atoms with Crippen LogP contribution in [0, 0.1) is 11.8 Å². The number of fused-ring (bicyclic) bond motifs is 2. The number of hydrogen-bond donors (Lipinski definition) is 5. The van der Waals surface area contributed by atoms with Gasteiger partial charge in [0.25, 0.3) is 0 Å². The van der Waals surface area contributed by atoms with Gasteiger partial charge in [-0.05, 0) is 51.4 Å². The van der Waals surface area contributed by atoms with Crippen LogP contribution in [0.5, 0.6) is 0 Å². The third-order valence-corrected chi connectivity index (χ3v) is 9.26. The summed E-state index contributed by atoms with van der Waals surface area (Å²) >= 11 is 0. The Morgan fingerprint density at radius 1 is 1.03 bits per heavy atom. The Hall–Kier alpha value is -1.30. The summed E-state index contributed by atoms with van der Waals surface area (Å²) in [4.78, 5) is 30.9. The summed E-state index contributed by atoms with van der Waals surface area (Å²) in [6.45, 7) is 3.34. The Labute approximate surface area is 195 Å². The van der Waals surface area contributed by atoms with Crippen LogP contribution < -0.4 is 27.0 Å². The number of likely N-dealkylation sites (tertiary alicyclic amines) is 1. The first-order chi connectivity index (χ1) is 16.0. The number of rotatable bonds is 4. The van der Waals surface area contributed by atoms with E-state index in [0.717, 1.165) is 32.2 Å². The molecule has 0 aromatic heterocycles. The maximum absolute atomic E-state index is 13.6. The summed E-state index contributed by atoms with van der Waals surface area (Å²) in [5.74, 6) is 1.04. The molecule has 0 radical (unpaired) electrons. The summed E-state index contributed by atoms with van der Waals surface area (Å²) in [6.07, 6.45) is 8.44. The minimum absolute atomic E-state index is 0.0522. The van der Waals surface area contributed by atoms with Gasteiger partial charge < -0.3 is 19.9 Å². The molecule has 2 aliphatic carbocycles. The fourth-order valence-electron chi connectivity index (χ4n) is 7.03. The van der Waals surface area contributed by atoms with Gasteiger partial charge in [-0.1, -0.05) is 12.8 Å². The summed E-state index contributed by atoms with van der Waals surface area (Å²) in [5.41, 5.74) is 12.6. The minimum atomic E-state index is -0.334. The van der Waals surface area contributed by atoms with Crippen molar-refractivity contribution in [3.63, 3.8) is 0 Å². The predicted octanol–water partition coefficient (Wildman–Crippen LogP) is -0.612. The van der Waals surface area contributed by atoms with E-state index in [1.165, 1.54) is 25.7 Å². The van der Waals surface area contributed by atoms with Crippen LogP contribution in [0.3, 0.4) is 0 Å². The molecule has 4 saturated heterocycles. The van der Waals surface area contributed by atoms with Crippen LogP contribution >= 0.6 is 0 Å². The van der Waals surface area contributed by atoms with Crippen molar-refractivity contribution in [3.05, 3.63) is 0 Å². The van der Waals surface area contributed by atoms with E-state index >= 15 is 0 Å². The molecule has 6 rings (SSSR count). The van der Waals surface area contributed by atoms with Crippen LogP contribution in [-0.4, -0.2) is 83.9 Å². The Morgan fingerprint density at radius 2 is 1.85 bits per heavy atom. The maximum Gasteiger partial charge on any atom is 0.241 e. The molecule has 184 valence electrons. The SMILES string of the molecule is CC1NNC(C2(N(C)C(=O)C3NNC4CCN(C(=O)C5CC6CCCCC6N5)CC43)CC2)O1. The van der Waals surface area contributed by atoms with Crippen LogP contribution in [0.1, 0.15) is 58.3 Å². The fourth-order valence-corrected chi connectivity index (χ4v) is 7.03. The first kappa shape index (κ1) is 22.2. The highest BCUT2D eigenvalue weighted by Gasteiger charge is 2.59. The average molecular weight is 462 g/mol. The van der Waals surface area contributed by atoms with Crippen molar-refractivity contribution in [2.24, 2.45) is 11.8 Å². The first-order valence-corrected chi connectivity index (χ1v) is 13.0. The average Bonchev–Trinajstić information content (AvgIpc) is 3.15. The van der Waals surface area contributed by atoms with E-state index < -0.39 is 0 Å². The van der Waals surface area contributed by atoms with Crippen molar-refractivity contribution >= 4 is 11.8 Å². The summed E-state index contributed by atoms with van der Waals surface area (Å²) in [7, 11) is 1.90. The second kappa shape index (κ2) is 8.42. The molecule has 5 N–H and O–H groups in total. The highest BCUT2D eigenvalue weighted by atomic mass is 16.6. The van der Waals surface area contributed by atoms with E-state index in [0.29, 0.717) is 18.5 Å². The molecule has 6 fully saturated rings. The molecule has 0 aromatic rings. The third kappa shape index (κ3) is 3.79. The van der Waals surface area contributed by atoms with Gasteiger partial charge in [-0.15, -0.1) is 0 Å². The van der Waals surface area contributed by atoms with E-state index in [9.17, 15) is 9.59 Å². The van der Waals surface area contributed by atoms with Crippen molar-refractivity contribution < 1.29 is 14.3 Å². The van der Waals surface area contributed by atoms with Gasteiger partial charge in [0.15, 0.2) is 0 Å². The molecule has 0 bridgehead atoms. The van der Waals surface area contributed by atoms with Crippen LogP contribution in [0.25, 0.3) is 0 Å². The number of nitrogens with one attached hydrogen (secondary N) is 5. The van der Waals surface area contributed by atoms with Crippen LogP contribution in [0.15, 0.2) is 0 Å². The normalized spacial score (nSPS) is 43.8. The van der Waals surface area contributed by atoms with Gasteiger partial charge >= 0.3 is 0 Å². The number of piperidine rings is 1. The number of carbonyl (C=O) groups excluding carboxylic acids is 2. The zero-order chi connectivity index (χ0) is 22.7. The molecular formula is C23H39N7O3. The summed E-state index contributed by atoms with van der Waals surface area (Å²) in [6, 6.07) is 0.345. The van der Waals surface area contributed by atoms with Gasteiger partial charge in [-0.25, -0.2) is 16.3 Å². The Balaban J connectivity index is 1.11. The van der Waals surface area contributed by atoms with Crippen LogP contribution in [0.2, 0.25) is 0 Å². The first-order valence-electron chi connectivity index (χ1n) is 13.0. The molecule has 8 unspecified atom stereocenters. The van der Waals surface area contributed by atoms with Crippen molar-refractivity contribution in [3.8, 4) is 0 Å². The lowest BCUT2D eigenvalue weighted by molar-refractivity contribution is -0.142. The quantitative estimate of drug-likeness (QED) is 0.377. The third-order valence-electron chi connectivity index (χ3n) is 9.26. The predicted molar refractivity (Wildman–Crippen MR) is 121 cm³/mol. The summed E-state index contributed by atoms with van der Waals surface area (Å²) < 4.78 is 5.96. The van der Waals surface area contributed by atoms with E-state index in [-0.39, 0.29) is 53.9 Å². The Morgan fingerprint density at radius 3 is 2.58 bits per heavy atom. The number of ether oxygens (including phenoxy) is 1. The maximum atomic E-state index is 13.6. The van der Waals surface area contributed by atoms with Gasteiger partial charge in [0.1, 0.15) is 18.5 Å². The fraction of sp³-hybridized carbons (Fsp3) is 0.913. The molecule has 2 saturated carbocycles. The second-order valence-corrected chi connectivity index (χ2v) is 11.2. The molecule has 10 nitrogen and oxygen atoms in total. The lowest BCUT2D eigenvalue weighted by Crippen LogP contribution is -2.59. The van der Waals surface area contributed by atoms with Crippen molar-refractivity contribution in [1.82, 2.24) is 36.8 Å². The zero-order valence-electron chi connectivity index (χ0n) is 19.8. The van der Waals surface area contributed by atoms with E-state index in [1.807, 2.05) is 23.8 Å². The molecule has 0 spiro atoms. The number of carbonyl (C=O) groups is 2. The Bertz CT molecular complexity index is 778. The number of hydrogen-bond acceptors (Lipinski definition) is 8. The molecule has 8 atom stereocenters. The van der Waals surface area contributed by atoms with Gasteiger partial charge in [0.05, 0.1) is 11.6 Å². The smallest absolute Gasteiger partial charge is 0.241 e. The summed E-state index contributed by atoms with van der Waals surface area (Å²) in [5, 5.41) is 3.64.